The zero-order valence-electron chi connectivity index (χ0n) is 10.4. The molecule has 1 unspecified atom stereocenters. The van der Waals surface area contributed by atoms with E-state index in [0.29, 0.717) is 11.6 Å². The summed E-state index contributed by atoms with van der Waals surface area (Å²) < 4.78 is 13.1. The van der Waals surface area contributed by atoms with Gasteiger partial charge in [0.1, 0.15) is 5.82 Å². The van der Waals surface area contributed by atoms with Crippen LogP contribution in [-0.2, 0) is 0 Å². The molecule has 0 saturated carbocycles. The molecule has 0 fully saturated rings. The molecule has 0 aromatic heterocycles. The van der Waals surface area contributed by atoms with Gasteiger partial charge in [0.15, 0.2) is 0 Å². The SMILES string of the molecule is CCN(c1ccc(F)cc1C(C)O)C(C)C. The van der Waals surface area contributed by atoms with Crippen LogP contribution in [0.5, 0.6) is 0 Å². The van der Waals surface area contributed by atoms with E-state index in [1.54, 1.807) is 13.0 Å². The Kier molecular flexibility index (Phi) is 4.30. The molecule has 3 heteroatoms. The summed E-state index contributed by atoms with van der Waals surface area (Å²) in [7, 11) is 0. The van der Waals surface area contributed by atoms with Crippen LogP contribution in [0.2, 0.25) is 0 Å². The zero-order valence-corrected chi connectivity index (χ0v) is 10.4. The van der Waals surface area contributed by atoms with Gasteiger partial charge in [-0.25, -0.2) is 4.39 Å². The average molecular weight is 225 g/mol. The number of hydrogen-bond donors (Lipinski definition) is 1. The molecule has 1 N–H and O–H groups in total. The van der Waals surface area contributed by atoms with Crippen LogP contribution >= 0.6 is 0 Å². The van der Waals surface area contributed by atoms with Gasteiger partial charge in [-0.1, -0.05) is 0 Å². The molecule has 0 amide bonds. The van der Waals surface area contributed by atoms with Gasteiger partial charge >= 0.3 is 0 Å². The molecule has 0 radical (unpaired) electrons. The highest BCUT2D eigenvalue weighted by molar-refractivity contribution is 5.55. The monoisotopic (exact) mass is 225 g/mol. The number of aliphatic hydroxyl groups excluding tert-OH is 1. The minimum atomic E-state index is -0.654. The Morgan fingerprint density at radius 3 is 2.38 bits per heavy atom. The van der Waals surface area contributed by atoms with Gasteiger partial charge in [0.25, 0.3) is 0 Å². The van der Waals surface area contributed by atoms with Crippen molar-refractivity contribution in [2.24, 2.45) is 0 Å². The molecule has 1 aromatic rings. The minimum Gasteiger partial charge on any atom is -0.389 e. The molecule has 0 heterocycles. The second kappa shape index (κ2) is 5.30. The van der Waals surface area contributed by atoms with Gasteiger partial charge in [0, 0.05) is 23.8 Å². The van der Waals surface area contributed by atoms with Crippen LogP contribution in [0.4, 0.5) is 10.1 Å². The third-order valence-electron chi connectivity index (χ3n) is 2.71. The van der Waals surface area contributed by atoms with E-state index < -0.39 is 6.10 Å². The summed E-state index contributed by atoms with van der Waals surface area (Å²) in [5, 5.41) is 9.66. The predicted octanol–water partition coefficient (Wildman–Crippen LogP) is 3.11. The first-order valence-electron chi connectivity index (χ1n) is 5.71. The molecule has 0 bridgehead atoms. The number of hydrogen-bond acceptors (Lipinski definition) is 2. The molecule has 0 aliphatic carbocycles. The van der Waals surface area contributed by atoms with Crippen LogP contribution in [0, 0.1) is 5.82 Å². The number of benzene rings is 1. The number of anilines is 1. The second-order valence-corrected chi connectivity index (χ2v) is 4.26. The van der Waals surface area contributed by atoms with Crippen LogP contribution < -0.4 is 4.90 Å². The highest BCUT2D eigenvalue weighted by Gasteiger charge is 2.16. The Hall–Kier alpha value is -1.09. The molecule has 0 spiro atoms. The number of halogens is 1. The van der Waals surface area contributed by atoms with Crippen molar-refractivity contribution in [3.05, 3.63) is 29.6 Å². The molecule has 0 saturated heterocycles. The van der Waals surface area contributed by atoms with Crippen molar-refractivity contribution < 1.29 is 9.50 Å². The molecular formula is C13H20FNO. The first kappa shape index (κ1) is 13.0. The highest BCUT2D eigenvalue weighted by atomic mass is 19.1. The lowest BCUT2D eigenvalue weighted by molar-refractivity contribution is 0.199. The summed E-state index contributed by atoms with van der Waals surface area (Å²) in [6.07, 6.45) is -0.654. The molecule has 1 rings (SSSR count). The summed E-state index contributed by atoms with van der Waals surface area (Å²) in [6, 6.07) is 4.91. The maximum Gasteiger partial charge on any atom is 0.123 e. The lowest BCUT2D eigenvalue weighted by Gasteiger charge is -2.30. The maximum absolute atomic E-state index is 13.1. The molecule has 0 aliphatic rings. The van der Waals surface area contributed by atoms with E-state index in [0.717, 1.165) is 12.2 Å². The standard InChI is InChI=1S/C13H20FNO/c1-5-15(9(2)3)13-7-6-11(14)8-12(13)10(4)16/h6-10,16H,5H2,1-4H3. The molecule has 1 aromatic carbocycles. The van der Waals surface area contributed by atoms with Gasteiger partial charge in [-0.15, -0.1) is 0 Å². The van der Waals surface area contributed by atoms with Crippen LogP contribution in [0.3, 0.4) is 0 Å². The van der Waals surface area contributed by atoms with Crippen molar-refractivity contribution in [2.75, 3.05) is 11.4 Å². The first-order chi connectivity index (χ1) is 7.47. The van der Waals surface area contributed by atoms with Crippen molar-refractivity contribution in [2.45, 2.75) is 39.8 Å². The van der Waals surface area contributed by atoms with Crippen LogP contribution in [-0.4, -0.2) is 17.7 Å². The number of aliphatic hydroxyl groups is 1. The van der Waals surface area contributed by atoms with E-state index in [4.69, 9.17) is 0 Å². The van der Waals surface area contributed by atoms with Gasteiger partial charge in [-0.3, -0.25) is 0 Å². The Balaban J connectivity index is 3.20. The maximum atomic E-state index is 13.1. The Bertz CT molecular complexity index is 350. The molecule has 16 heavy (non-hydrogen) atoms. The quantitative estimate of drug-likeness (QED) is 0.851. The summed E-state index contributed by atoms with van der Waals surface area (Å²) >= 11 is 0. The van der Waals surface area contributed by atoms with Gasteiger partial charge in [-0.2, -0.15) is 0 Å². The number of nitrogens with zero attached hydrogens (tertiary/aromatic N) is 1. The minimum absolute atomic E-state index is 0.306. The van der Waals surface area contributed by atoms with Gasteiger partial charge in [0.2, 0.25) is 0 Å². The van der Waals surface area contributed by atoms with Crippen molar-refractivity contribution in [1.29, 1.82) is 0 Å². The van der Waals surface area contributed by atoms with E-state index in [9.17, 15) is 9.50 Å². The molecule has 90 valence electrons. The summed E-state index contributed by atoms with van der Waals surface area (Å²) in [5.74, 6) is -0.306. The van der Waals surface area contributed by atoms with Crippen molar-refractivity contribution >= 4 is 5.69 Å². The molecule has 0 aliphatic heterocycles. The molecule has 2 nitrogen and oxygen atoms in total. The molecule has 1 atom stereocenters. The largest absolute Gasteiger partial charge is 0.389 e. The van der Waals surface area contributed by atoms with Crippen molar-refractivity contribution in [3.63, 3.8) is 0 Å². The Labute approximate surface area is 96.7 Å². The fourth-order valence-corrected chi connectivity index (χ4v) is 1.94. The molecular weight excluding hydrogens is 205 g/mol. The lowest BCUT2D eigenvalue weighted by Crippen LogP contribution is -2.31. The van der Waals surface area contributed by atoms with Crippen molar-refractivity contribution in [1.82, 2.24) is 0 Å². The fourth-order valence-electron chi connectivity index (χ4n) is 1.94. The topological polar surface area (TPSA) is 23.5 Å². The first-order valence-corrected chi connectivity index (χ1v) is 5.71. The van der Waals surface area contributed by atoms with Crippen LogP contribution in [0.1, 0.15) is 39.4 Å². The average Bonchev–Trinajstić information content (AvgIpc) is 2.20. The third-order valence-corrected chi connectivity index (χ3v) is 2.71. The summed E-state index contributed by atoms with van der Waals surface area (Å²) in [4.78, 5) is 2.14. The van der Waals surface area contributed by atoms with Gasteiger partial charge in [-0.05, 0) is 45.9 Å². The fraction of sp³-hybridized carbons (Fsp3) is 0.538. The van der Waals surface area contributed by atoms with E-state index in [-0.39, 0.29) is 5.82 Å². The van der Waals surface area contributed by atoms with Crippen LogP contribution in [0.15, 0.2) is 18.2 Å². The van der Waals surface area contributed by atoms with E-state index in [1.807, 2.05) is 0 Å². The zero-order chi connectivity index (χ0) is 12.3. The predicted molar refractivity (Wildman–Crippen MR) is 65.2 cm³/mol. The van der Waals surface area contributed by atoms with Gasteiger partial charge < -0.3 is 10.0 Å². The lowest BCUT2D eigenvalue weighted by atomic mass is 10.1. The van der Waals surface area contributed by atoms with Crippen molar-refractivity contribution in [3.8, 4) is 0 Å². The normalized spacial score (nSPS) is 12.9. The van der Waals surface area contributed by atoms with Crippen LogP contribution in [0.25, 0.3) is 0 Å². The third kappa shape index (κ3) is 2.73. The van der Waals surface area contributed by atoms with E-state index >= 15 is 0 Å². The second-order valence-electron chi connectivity index (χ2n) is 4.26. The summed E-state index contributed by atoms with van der Waals surface area (Å²) in [5.41, 5.74) is 1.56. The summed E-state index contributed by atoms with van der Waals surface area (Å²) in [6.45, 7) is 8.71. The van der Waals surface area contributed by atoms with Gasteiger partial charge in [0.05, 0.1) is 6.10 Å². The number of rotatable bonds is 4. The Morgan fingerprint density at radius 2 is 1.94 bits per heavy atom. The highest BCUT2D eigenvalue weighted by Crippen LogP contribution is 2.28. The smallest absolute Gasteiger partial charge is 0.123 e. The van der Waals surface area contributed by atoms with E-state index in [1.165, 1.54) is 12.1 Å². The Morgan fingerprint density at radius 1 is 1.31 bits per heavy atom. The van der Waals surface area contributed by atoms with E-state index in [2.05, 4.69) is 25.7 Å².